The van der Waals surface area contributed by atoms with Crippen molar-refractivity contribution in [3.63, 3.8) is 0 Å². The lowest BCUT2D eigenvalue weighted by molar-refractivity contribution is -0.117. The number of nitrogens with one attached hydrogen (secondary N) is 2. The molecule has 1 aliphatic carbocycles. The molecule has 0 radical (unpaired) electrons. The number of aromatic nitrogens is 2. The quantitative estimate of drug-likeness (QED) is 0.449. The molecule has 1 atom stereocenters. The number of alkyl halides is 2. The van der Waals surface area contributed by atoms with Crippen LogP contribution < -0.4 is 10.6 Å². The van der Waals surface area contributed by atoms with Gasteiger partial charge in [0.05, 0.1) is 6.42 Å². The van der Waals surface area contributed by atoms with Crippen molar-refractivity contribution in [2.75, 3.05) is 11.9 Å². The van der Waals surface area contributed by atoms with Crippen molar-refractivity contribution in [1.82, 2.24) is 15.1 Å². The maximum absolute atomic E-state index is 13.5. The van der Waals surface area contributed by atoms with Gasteiger partial charge < -0.3 is 20.5 Å². The van der Waals surface area contributed by atoms with Gasteiger partial charge in [-0.3, -0.25) is 9.48 Å². The summed E-state index contributed by atoms with van der Waals surface area (Å²) in [6.45, 7) is -0.0605. The highest BCUT2D eigenvalue weighted by atomic mass is 19.3. The molecule has 0 spiro atoms. The van der Waals surface area contributed by atoms with Crippen molar-refractivity contribution in [2.45, 2.75) is 24.8 Å². The SMILES string of the molecule is Cn1nc(C(=O)O)cc1NC(=O)CC(NC(=O)OCC1c2ccccc2-c2ccccc21)C(F)F. The molecule has 4 rings (SSSR count). The first-order valence-electron chi connectivity index (χ1n) is 10.7. The summed E-state index contributed by atoms with van der Waals surface area (Å²) in [6.07, 6.45) is -4.86. The number of carboxylic acid groups (broad SMARTS) is 1. The zero-order valence-electron chi connectivity index (χ0n) is 18.6. The van der Waals surface area contributed by atoms with E-state index < -0.39 is 36.9 Å². The Morgan fingerprint density at radius 1 is 1.09 bits per heavy atom. The second-order valence-electron chi connectivity index (χ2n) is 8.01. The number of halogens is 2. The second-order valence-corrected chi connectivity index (χ2v) is 8.01. The van der Waals surface area contributed by atoms with Crippen molar-refractivity contribution in [3.8, 4) is 11.1 Å². The van der Waals surface area contributed by atoms with Crippen molar-refractivity contribution in [2.24, 2.45) is 7.05 Å². The maximum atomic E-state index is 13.5. The number of carboxylic acids is 1. The number of benzene rings is 2. The lowest BCUT2D eigenvalue weighted by atomic mass is 9.98. The van der Waals surface area contributed by atoms with Crippen LogP contribution in [0.15, 0.2) is 54.6 Å². The second kappa shape index (κ2) is 9.92. The summed E-state index contributed by atoms with van der Waals surface area (Å²) in [5, 5.41) is 17.0. The summed E-state index contributed by atoms with van der Waals surface area (Å²) < 4.78 is 33.4. The fourth-order valence-corrected chi connectivity index (χ4v) is 4.08. The highest BCUT2D eigenvalue weighted by Gasteiger charge is 2.31. The summed E-state index contributed by atoms with van der Waals surface area (Å²) in [7, 11) is 1.39. The lowest BCUT2D eigenvalue weighted by Gasteiger charge is -2.19. The van der Waals surface area contributed by atoms with Crippen LogP contribution in [0.5, 0.6) is 0 Å². The molecule has 1 aromatic heterocycles. The molecule has 35 heavy (non-hydrogen) atoms. The molecule has 1 aliphatic rings. The Kier molecular flexibility index (Phi) is 6.76. The van der Waals surface area contributed by atoms with E-state index in [1.54, 1.807) is 0 Å². The molecule has 2 amide bonds. The Balaban J connectivity index is 1.37. The fourth-order valence-electron chi connectivity index (χ4n) is 4.08. The normalized spacial score (nSPS) is 13.1. The van der Waals surface area contributed by atoms with E-state index in [0.717, 1.165) is 33.0 Å². The van der Waals surface area contributed by atoms with Gasteiger partial charge in [-0.1, -0.05) is 48.5 Å². The Hall–Kier alpha value is -4.28. The monoisotopic (exact) mass is 484 g/mol. The zero-order valence-corrected chi connectivity index (χ0v) is 18.6. The number of anilines is 1. The van der Waals surface area contributed by atoms with Crippen LogP contribution in [0.1, 0.15) is 34.0 Å². The van der Waals surface area contributed by atoms with Gasteiger partial charge in [-0.25, -0.2) is 18.4 Å². The average Bonchev–Trinajstić information content (AvgIpc) is 3.35. The van der Waals surface area contributed by atoms with Gasteiger partial charge >= 0.3 is 12.1 Å². The van der Waals surface area contributed by atoms with Gasteiger partial charge in [0.25, 0.3) is 6.43 Å². The number of carbonyl (C=O) groups is 3. The molecule has 2 aromatic carbocycles. The molecule has 0 saturated heterocycles. The van der Waals surface area contributed by atoms with E-state index in [4.69, 9.17) is 9.84 Å². The van der Waals surface area contributed by atoms with Gasteiger partial charge in [0.1, 0.15) is 18.5 Å². The van der Waals surface area contributed by atoms with E-state index in [1.165, 1.54) is 7.05 Å². The van der Waals surface area contributed by atoms with Crippen molar-refractivity contribution >= 4 is 23.8 Å². The summed E-state index contributed by atoms with van der Waals surface area (Å²) in [5.41, 5.74) is 3.69. The highest BCUT2D eigenvalue weighted by molar-refractivity contribution is 5.93. The minimum Gasteiger partial charge on any atom is -0.476 e. The highest BCUT2D eigenvalue weighted by Crippen LogP contribution is 2.44. The molecule has 11 heteroatoms. The largest absolute Gasteiger partial charge is 0.476 e. The first-order valence-corrected chi connectivity index (χ1v) is 10.7. The predicted octanol–water partition coefficient (Wildman–Crippen LogP) is 3.62. The van der Waals surface area contributed by atoms with Crippen LogP contribution in [-0.4, -0.2) is 51.9 Å². The van der Waals surface area contributed by atoms with E-state index >= 15 is 0 Å². The predicted molar refractivity (Wildman–Crippen MR) is 121 cm³/mol. The summed E-state index contributed by atoms with van der Waals surface area (Å²) >= 11 is 0. The van der Waals surface area contributed by atoms with Gasteiger partial charge in [-0.2, -0.15) is 5.10 Å². The molecule has 1 unspecified atom stereocenters. The third kappa shape index (κ3) is 5.13. The first kappa shape index (κ1) is 23.9. The van der Waals surface area contributed by atoms with E-state index in [0.29, 0.717) is 0 Å². The number of nitrogens with zero attached hydrogens (tertiary/aromatic N) is 2. The molecule has 1 heterocycles. The zero-order chi connectivity index (χ0) is 25.1. The van der Waals surface area contributed by atoms with Gasteiger partial charge in [0.2, 0.25) is 5.91 Å². The number of aryl methyl sites for hydroxylation is 1. The number of amides is 2. The Morgan fingerprint density at radius 2 is 1.69 bits per heavy atom. The number of rotatable bonds is 8. The van der Waals surface area contributed by atoms with Crippen LogP contribution in [0.2, 0.25) is 0 Å². The minimum absolute atomic E-state index is 0.0153. The van der Waals surface area contributed by atoms with Gasteiger partial charge in [0.15, 0.2) is 5.69 Å². The molecular weight excluding hydrogens is 462 g/mol. The van der Waals surface area contributed by atoms with Gasteiger partial charge in [0, 0.05) is 19.0 Å². The lowest BCUT2D eigenvalue weighted by Crippen LogP contribution is -2.43. The third-order valence-electron chi connectivity index (χ3n) is 5.72. The van der Waals surface area contributed by atoms with E-state index in [9.17, 15) is 23.2 Å². The van der Waals surface area contributed by atoms with E-state index in [-0.39, 0.29) is 24.0 Å². The maximum Gasteiger partial charge on any atom is 0.407 e. The molecule has 182 valence electrons. The Labute approximate surface area is 198 Å². The summed E-state index contributed by atoms with van der Waals surface area (Å²) in [4.78, 5) is 35.6. The van der Waals surface area contributed by atoms with Crippen molar-refractivity contribution in [1.29, 1.82) is 0 Å². The minimum atomic E-state index is -3.04. The number of ether oxygens (including phenoxy) is 1. The molecule has 0 bridgehead atoms. The smallest absolute Gasteiger partial charge is 0.407 e. The Bertz CT molecular complexity index is 1230. The van der Waals surface area contributed by atoms with Crippen molar-refractivity contribution in [3.05, 3.63) is 71.4 Å². The van der Waals surface area contributed by atoms with Crippen LogP contribution in [0, 0.1) is 0 Å². The molecular formula is C24H22F2N4O5. The number of carbonyl (C=O) groups excluding carboxylic acids is 2. The number of hydrogen-bond acceptors (Lipinski definition) is 5. The van der Waals surface area contributed by atoms with Crippen LogP contribution in [0.4, 0.5) is 19.4 Å². The molecule has 0 aliphatic heterocycles. The molecule has 0 fully saturated rings. The summed E-state index contributed by atoms with van der Waals surface area (Å²) in [5.74, 6) is -2.38. The number of hydrogen-bond donors (Lipinski definition) is 3. The standard InChI is InChI=1S/C24H22F2N4O5/c1-30-20(10-19(29-30)23(32)33)28-21(31)11-18(22(25)26)27-24(34)35-12-17-15-8-4-2-6-13(15)14-7-3-5-9-16(14)17/h2-10,17-18,22H,11-12H2,1H3,(H,27,34)(H,28,31)(H,32,33). The molecule has 9 nitrogen and oxygen atoms in total. The number of fused-ring (bicyclic) bond motifs is 3. The number of aromatic carboxylic acids is 1. The molecule has 3 aromatic rings. The molecule has 0 saturated carbocycles. The van der Waals surface area contributed by atoms with Crippen LogP contribution in [0.25, 0.3) is 11.1 Å². The summed E-state index contributed by atoms with van der Waals surface area (Å²) in [6, 6.07) is 14.7. The Morgan fingerprint density at radius 3 is 2.23 bits per heavy atom. The number of alkyl carbamates (subject to hydrolysis) is 1. The first-order chi connectivity index (χ1) is 16.7. The van der Waals surface area contributed by atoms with E-state index in [1.807, 2.05) is 48.5 Å². The third-order valence-corrected chi connectivity index (χ3v) is 5.72. The van der Waals surface area contributed by atoms with E-state index in [2.05, 4.69) is 15.7 Å². The van der Waals surface area contributed by atoms with Crippen molar-refractivity contribution < 1.29 is 33.0 Å². The van der Waals surface area contributed by atoms with Gasteiger partial charge in [-0.15, -0.1) is 0 Å². The fraction of sp³-hybridized carbons (Fsp3) is 0.250. The van der Waals surface area contributed by atoms with Gasteiger partial charge in [-0.05, 0) is 22.3 Å². The molecule has 3 N–H and O–H groups in total. The van der Waals surface area contributed by atoms with Crippen LogP contribution >= 0.6 is 0 Å². The van der Waals surface area contributed by atoms with Crippen LogP contribution in [0.3, 0.4) is 0 Å². The van der Waals surface area contributed by atoms with Crippen LogP contribution in [-0.2, 0) is 16.6 Å². The average molecular weight is 484 g/mol. The topological polar surface area (TPSA) is 123 Å².